The van der Waals surface area contributed by atoms with E-state index < -0.39 is 11.6 Å². The second-order valence-corrected chi connectivity index (χ2v) is 5.72. The van der Waals surface area contributed by atoms with E-state index in [0.29, 0.717) is 6.54 Å². The van der Waals surface area contributed by atoms with Crippen LogP contribution in [0.2, 0.25) is 0 Å². The SMILES string of the molecule is CC(N)C1CCCCN1C(=O)CCc1cccc(F)c1F. The van der Waals surface area contributed by atoms with Crippen LogP contribution in [0.15, 0.2) is 18.2 Å². The summed E-state index contributed by atoms with van der Waals surface area (Å²) in [6.07, 6.45) is 3.36. The molecule has 1 aromatic rings. The predicted molar refractivity (Wildman–Crippen MR) is 77.7 cm³/mol. The van der Waals surface area contributed by atoms with Crippen molar-refractivity contribution in [1.29, 1.82) is 0 Å². The van der Waals surface area contributed by atoms with Crippen LogP contribution in [-0.4, -0.2) is 29.4 Å². The van der Waals surface area contributed by atoms with Crippen LogP contribution in [0.3, 0.4) is 0 Å². The van der Waals surface area contributed by atoms with Gasteiger partial charge in [0.05, 0.1) is 0 Å². The Balaban J connectivity index is 1.99. The molecule has 5 heteroatoms. The quantitative estimate of drug-likeness (QED) is 0.928. The molecule has 1 amide bonds. The summed E-state index contributed by atoms with van der Waals surface area (Å²) >= 11 is 0. The summed E-state index contributed by atoms with van der Waals surface area (Å²) in [5, 5.41) is 0. The first kappa shape index (κ1) is 15.9. The third-order valence-electron chi connectivity index (χ3n) is 4.12. The van der Waals surface area contributed by atoms with E-state index >= 15 is 0 Å². The minimum Gasteiger partial charge on any atom is -0.338 e. The fourth-order valence-corrected chi connectivity index (χ4v) is 2.94. The molecule has 2 unspecified atom stereocenters. The van der Waals surface area contributed by atoms with E-state index in [4.69, 9.17) is 5.73 Å². The summed E-state index contributed by atoms with van der Waals surface area (Å²) in [4.78, 5) is 14.1. The first-order valence-electron chi connectivity index (χ1n) is 7.48. The number of halogens is 2. The Hall–Kier alpha value is -1.49. The fourth-order valence-electron chi connectivity index (χ4n) is 2.94. The molecule has 0 aromatic heterocycles. The number of carbonyl (C=O) groups is 1. The molecule has 1 heterocycles. The van der Waals surface area contributed by atoms with E-state index in [0.717, 1.165) is 25.3 Å². The maximum atomic E-state index is 13.6. The van der Waals surface area contributed by atoms with Crippen LogP contribution in [-0.2, 0) is 11.2 Å². The third-order valence-corrected chi connectivity index (χ3v) is 4.12. The molecular weight excluding hydrogens is 274 g/mol. The van der Waals surface area contributed by atoms with Crippen molar-refractivity contribution in [1.82, 2.24) is 4.90 Å². The fraction of sp³-hybridized carbons (Fsp3) is 0.562. The largest absolute Gasteiger partial charge is 0.338 e. The van der Waals surface area contributed by atoms with Gasteiger partial charge in [-0.1, -0.05) is 12.1 Å². The Kier molecular flexibility index (Phi) is 5.28. The molecule has 2 atom stereocenters. The number of rotatable bonds is 4. The van der Waals surface area contributed by atoms with Gasteiger partial charge < -0.3 is 10.6 Å². The minimum absolute atomic E-state index is 0.0272. The van der Waals surface area contributed by atoms with Gasteiger partial charge in [-0.25, -0.2) is 8.78 Å². The Labute approximate surface area is 124 Å². The Morgan fingerprint density at radius 2 is 2.19 bits per heavy atom. The molecule has 1 aromatic carbocycles. The highest BCUT2D eigenvalue weighted by atomic mass is 19.2. The van der Waals surface area contributed by atoms with Crippen molar-refractivity contribution in [2.45, 2.75) is 51.1 Å². The number of carbonyl (C=O) groups excluding carboxylic acids is 1. The molecule has 3 nitrogen and oxygen atoms in total. The number of benzene rings is 1. The van der Waals surface area contributed by atoms with Crippen LogP contribution in [0.25, 0.3) is 0 Å². The van der Waals surface area contributed by atoms with E-state index in [2.05, 4.69) is 0 Å². The molecule has 0 spiro atoms. The molecule has 0 bridgehead atoms. The Bertz CT molecular complexity index is 505. The molecule has 0 radical (unpaired) electrons. The van der Waals surface area contributed by atoms with Gasteiger partial charge in [-0.15, -0.1) is 0 Å². The van der Waals surface area contributed by atoms with E-state index in [9.17, 15) is 13.6 Å². The van der Waals surface area contributed by atoms with E-state index in [-0.39, 0.29) is 36.4 Å². The monoisotopic (exact) mass is 296 g/mol. The number of nitrogens with zero attached hydrogens (tertiary/aromatic N) is 1. The maximum Gasteiger partial charge on any atom is 0.223 e. The highest BCUT2D eigenvalue weighted by Gasteiger charge is 2.28. The Morgan fingerprint density at radius 1 is 1.43 bits per heavy atom. The molecule has 0 aliphatic carbocycles. The molecule has 2 rings (SSSR count). The van der Waals surface area contributed by atoms with Crippen molar-refractivity contribution in [3.8, 4) is 0 Å². The number of hydrogen-bond donors (Lipinski definition) is 1. The summed E-state index contributed by atoms with van der Waals surface area (Å²) in [6.45, 7) is 2.61. The van der Waals surface area contributed by atoms with Crippen molar-refractivity contribution in [3.63, 3.8) is 0 Å². The van der Waals surface area contributed by atoms with Crippen molar-refractivity contribution < 1.29 is 13.6 Å². The predicted octanol–water partition coefficient (Wildman–Crippen LogP) is 2.63. The van der Waals surface area contributed by atoms with E-state index in [1.54, 1.807) is 0 Å². The van der Waals surface area contributed by atoms with E-state index in [1.165, 1.54) is 12.1 Å². The normalized spacial score (nSPS) is 20.4. The van der Waals surface area contributed by atoms with Crippen molar-refractivity contribution in [2.75, 3.05) is 6.54 Å². The van der Waals surface area contributed by atoms with Gasteiger partial charge in [0.25, 0.3) is 0 Å². The lowest BCUT2D eigenvalue weighted by molar-refractivity contribution is -0.135. The van der Waals surface area contributed by atoms with Crippen LogP contribution < -0.4 is 5.73 Å². The summed E-state index contributed by atoms with van der Waals surface area (Å²) in [6, 6.07) is 4.05. The second-order valence-electron chi connectivity index (χ2n) is 5.72. The number of aryl methyl sites for hydroxylation is 1. The zero-order valence-electron chi connectivity index (χ0n) is 12.3. The molecule has 1 fully saturated rings. The summed E-state index contributed by atoms with van der Waals surface area (Å²) in [7, 11) is 0. The van der Waals surface area contributed by atoms with Crippen molar-refractivity contribution in [3.05, 3.63) is 35.4 Å². The first-order chi connectivity index (χ1) is 10.0. The molecular formula is C16H22F2N2O. The third kappa shape index (κ3) is 3.79. The number of nitrogens with two attached hydrogens (primary N) is 1. The van der Waals surface area contributed by atoms with Gasteiger partial charge in [-0.2, -0.15) is 0 Å². The van der Waals surface area contributed by atoms with Gasteiger partial charge in [0, 0.05) is 25.0 Å². The summed E-state index contributed by atoms with van der Waals surface area (Å²) in [5.74, 6) is -1.75. The Morgan fingerprint density at radius 3 is 2.90 bits per heavy atom. The number of piperidine rings is 1. The number of likely N-dealkylation sites (tertiary alicyclic amines) is 1. The molecule has 21 heavy (non-hydrogen) atoms. The summed E-state index contributed by atoms with van der Waals surface area (Å²) in [5.41, 5.74) is 6.19. The smallest absolute Gasteiger partial charge is 0.223 e. The lowest BCUT2D eigenvalue weighted by Crippen LogP contribution is -2.51. The molecule has 0 saturated carbocycles. The molecule has 1 saturated heterocycles. The lowest BCUT2D eigenvalue weighted by Gasteiger charge is -2.38. The van der Waals surface area contributed by atoms with Gasteiger partial charge >= 0.3 is 0 Å². The molecule has 1 aliphatic heterocycles. The van der Waals surface area contributed by atoms with Gasteiger partial charge in [-0.3, -0.25) is 4.79 Å². The minimum atomic E-state index is -0.869. The highest BCUT2D eigenvalue weighted by Crippen LogP contribution is 2.21. The zero-order valence-corrected chi connectivity index (χ0v) is 12.3. The topological polar surface area (TPSA) is 46.3 Å². The molecule has 1 aliphatic rings. The van der Waals surface area contributed by atoms with Crippen molar-refractivity contribution in [2.24, 2.45) is 5.73 Å². The first-order valence-corrected chi connectivity index (χ1v) is 7.48. The average Bonchev–Trinajstić information content (AvgIpc) is 2.48. The van der Waals surface area contributed by atoms with Crippen LogP contribution in [0.4, 0.5) is 8.78 Å². The van der Waals surface area contributed by atoms with Crippen LogP contribution in [0.5, 0.6) is 0 Å². The maximum absolute atomic E-state index is 13.6. The number of amides is 1. The van der Waals surface area contributed by atoms with Gasteiger partial charge in [0.2, 0.25) is 5.91 Å². The standard InChI is InChI=1S/C16H22F2N2O/c1-11(19)14-7-2-3-10-20(14)15(21)9-8-12-5-4-6-13(17)16(12)18/h4-6,11,14H,2-3,7-10,19H2,1H3. The molecule has 116 valence electrons. The van der Waals surface area contributed by atoms with Gasteiger partial charge in [0.1, 0.15) is 0 Å². The van der Waals surface area contributed by atoms with Crippen molar-refractivity contribution >= 4 is 5.91 Å². The van der Waals surface area contributed by atoms with Crippen LogP contribution in [0, 0.1) is 11.6 Å². The lowest BCUT2D eigenvalue weighted by atomic mass is 9.96. The zero-order chi connectivity index (χ0) is 15.4. The molecule has 2 N–H and O–H groups in total. The van der Waals surface area contributed by atoms with Gasteiger partial charge in [0.15, 0.2) is 11.6 Å². The number of hydrogen-bond acceptors (Lipinski definition) is 2. The van der Waals surface area contributed by atoms with Gasteiger partial charge in [-0.05, 0) is 44.2 Å². The van der Waals surface area contributed by atoms with E-state index in [1.807, 2.05) is 11.8 Å². The van der Waals surface area contributed by atoms with Crippen LogP contribution in [0.1, 0.15) is 38.2 Å². The van der Waals surface area contributed by atoms with Crippen LogP contribution >= 0.6 is 0 Å². The summed E-state index contributed by atoms with van der Waals surface area (Å²) < 4.78 is 26.7. The highest BCUT2D eigenvalue weighted by molar-refractivity contribution is 5.77. The average molecular weight is 296 g/mol. The second kappa shape index (κ2) is 6.98.